The Labute approximate surface area is 141 Å². The van der Waals surface area contributed by atoms with Crippen LogP contribution in [0.15, 0.2) is 23.1 Å². The van der Waals surface area contributed by atoms with Gasteiger partial charge in [-0.25, -0.2) is 0 Å². The molecule has 122 valence electrons. The van der Waals surface area contributed by atoms with Crippen LogP contribution in [0.1, 0.15) is 35.9 Å². The van der Waals surface area contributed by atoms with Crippen LogP contribution in [0.4, 0.5) is 5.69 Å². The van der Waals surface area contributed by atoms with Crippen molar-refractivity contribution in [2.24, 2.45) is 7.05 Å². The van der Waals surface area contributed by atoms with Crippen LogP contribution in [0.5, 0.6) is 0 Å². The molecule has 1 aliphatic rings. The van der Waals surface area contributed by atoms with E-state index in [2.05, 4.69) is 28.6 Å². The molecule has 0 saturated heterocycles. The Morgan fingerprint density at radius 3 is 2.74 bits per heavy atom. The average Bonchev–Trinajstić information content (AvgIpc) is 3.07. The maximum absolute atomic E-state index is 12.5. The molecule has 5 heteroatoms. The van der Waals surface area contributed by atoms with Crippen molar-refractivity contribution in [3.63, 3.8) is 0 Å². The molecule has 1 aromatic heterocycles. The number of carbonyl (C=O) groups excluding carboxylic acids is 1. The van der Waals surface area contributed by atoms with Crippen LogP contribution in [-0.2, 0) is 24.7 Å². The maximum atomic E-state index is 12.5. The number of aromatic nitrogens is 2. The second-order valence-corrected chi connectivity index (χ2v) is 7.62. The monoisotopic (exact) mass is 329 g/mol. The summed E-state index contributed by atoms with van der Waals surface area (Å²) in [4.78, 5) is 13.7. The maximum Gasteiger partial charge on any atom is 0.237 e. The lowest BCUT2D eigenvalue weighted by molar-refractivity contribution is -0.115. The van der Waals surface area contributed by atoms with E-state index in [4.69, 9.17) is 0 Å². The molecule has 0 radical (unpaired) electrons. The van der Waals surface area contributed by atoms with Gasteiger partial charge >= 0.3 is 0 Å². The molecule has 1 N–H and O–H groups in total. The summed E-state index contributed by atoms with van der Waals surface area (Å²) in [7, 11) is 1.89. The number of nitrogens with zero attached hydrogens (tertiary/aromatic N) is 2. The molecule has 1 heterocycles. The first-order valence-corrected chi connectivity index (χ1v) is 8.93. The van der Waals surface area contributed by atoms with Gasteiger partial charge in [-0.2, -0.15) is 5.10 Å². The number of rotatable bonds is 4. The second-order valence-electron chi connectivity index (χ2n) is 6.20. The van der Waals surface area contributed by atoms with Gasteiger partial charge in [-0.05, 0) is 63.3 Å². The van der Waals surface area contributed by atoms with Gasteiger partial charge in [-0.15, -0.1) is 11.8 Å². The Kier molecular flexibility index (Phi) is 4.48. The summed E-state index contributed by atoms with van der Waals surface area (Å²) in [6.45, 7) is 5.84. The number of anilines is 1. The third-order valence-electron chi connectivity index (χ3n) is 4.51. The van der Waals surface area contributed by atoms with E-state index >= 15 is 0 Å². The number of nitrogens with one attached hydrogen (secondary N) is 1. The highest BCUT2D eigenvalue weighted by Gasteiger charge is 2.19. The molecule has 0 bridgehead atoms. The van der Waals surface area contributed by atoms with Crippen LogP contribution >= 0.6 is 11.8 Å². The summed E-state index contributed by atoms with van der Waals surface area (Å²) >= 11 is 1.62. The molecular formula is C18H23N3OS. The van der Waals surface area contributed by atoms with Gasteiger partial charge in [0.2, 0.25) is 5.91 Å². The van der Waals surface area contributed by atoms with Gasteiger partial charge in [-0.3, -0.25) is 9.48 Å². The number of thioether (sulfide) groups is 1. The quantitative estimate of drug-likeness (QED) is 0.871. The van der Waals surface area contributed by atoms with E-state index in [0.717, 1.165) is 17.1 Å². The zero-order valence-corrected chi connectivity index (χ0v) is 15.0. The minimum Gasteiger partial charge on any atom is -0.322 e. The van der Waals surface area contributed by atoms with Crippen molar-refractivity contribution in [2.75, 3.05) is 5.32 Å². The molecule has 3 rings (SSSR count). The molecule has 0 unspecified atom stereocenters. The van der Waals surface area contributed by atoms with Gasteiger partial charge in [0, 0.05) is 11.9 Å². The number of carbonyl (C=O) groups is 1. The first-order valence-electron chi connectivity index (χ1n) is 8.05. The number of benzene rings is 1. The summed E-state index contributed by atoms with van der Waals surface area (Å²) in [5.74, 6) is 0.0229. The van der Waals surface area contributed by atoms with Crippen molar-refractivity contribution in [1.82, 2.24) is 9.78 Å². The number of hydrogen-bond acceptors (Lipinski definition) is 3. The van der Waals surface area contributed by atoms with E-state index in [1.807, 2.05) is 27.8 Å². The molecule has 1 aliphatic carbocycles. The van der Waals surface area contributed by atoms with Crippen LogP contribution in [0.2, 0.25) is 0 Å². The largest absolute Gasteiger partial charge is 0.322 e. The Bertz CT molecular complexity index is 751. The normalized spacial score (nSPS) is 14.6. The van der Waals surface area contributed by atoms with Crippen LogP contribution in [0.3, 0.4) is 0 Å². The van der Waals surface area contributed by atoms with Gasteiger partial charge in [-0.1, -0.05) is 6.07 Å². The van der Waals surface area contributed by atoms with E-state index in [1.54, 1.807) is 16.4 Å². The number of fused-ring (bicyclic) bond motifs is 1. The number of aryl methyl sites for hydroxylation is 4. The third kappa shape index (κ3) is 3.29. The lowest BCUT2D eigenvalue weighted by atomic mass is 10.1. The summed E-state index contributed by atoms with van der Waals surface area (Å²) < 4.78 is 1.79. The minimum atomic E-state index is -0.145. The Hall–Kier alpha value is -1.75. The fourth-order valence-corrected chi connectivity index (χ4v) is 3.99. The van der Waals surface area contributed by atoms with Crippen molar-refractivity contribution in [2.45, 2.75) is 50.2 Å². The van der Waals surface area contributed by atoms with E-state index < -0.39 is 0 Å². The van der Waals surface area contributed by atoms with Gasteiger partial charge in [0.1, 0.15) is 0 Å². The SMILES string of the molecule is Cc1nn(C)c(C)c1NC(=O)[C@H](C)Sc1ccc2c(c1)CCC2. The predicted molar refractivity (Wildman–Crippen MR) is 95.1 cm³/mol. The fraction of sp³-hybridized carbons (Fsp3) is 0.444. The smallest absolute Gasteiger partial charge is 0.237 e. The molecule has 1 aromatic carbocycles. The van der Waals surface area contributed by atoms with Crippen molar-refractivity contribution in [3.05, 3.63) is 40.7 Å². The molecule has 1 amide bonds. The van der Waals surface area contributed by atoms with E-state index in [0.29, 0.717) is 0 Å². The van der Waals surface area contributed by atoms with Crippen molar-refractivity contribution >= 4 is 23.4 Å². The summed E-state index contributed by atoms with van der Waals surface area (Å²) in [5, 5.41) is 7.23. The lowest BCUT2D eigenvalue weighted by Gasteiger charge is -2.13. The van der Waals surface area contributed by atoms with Gasteiger partial charge in [0.05, 0.1) is 22.3 Å². The average molecular weight is 329 g/mol. The molecular weight excluding hydrogens is 306 g/mol. The van der Waals surface area contributed by atoms with E-state index in [-0.39, 0.29) is 11.2 Å². The lowest BCUT2D eigenvalue weighted by Crippen LogP contribution is -2.23. The topological polar surface area (TPSA) is 46.9 Å². The molecule has 0 saturated carbocycles. The summed E-state index contributed by atoms with van der Waals surface area (Å²) in [6, 6.07) is 6.60. The highest BCUT2D eigenvalue weighted by Crippen LogP contribution is 2.30. The first-order chi connectivity index (χ1) is 11.0. The summed E-state index contributed by atoms with van der Waals surface area (Å²) in [5.41, 5.74) is 5.58. The second kappa shape index (κ2) is 6.40. The van der Waals surface area contributed by atoms with Crippen molar-refractivity contribution in [1.29, 1.82) is 0 Å². The Morgan fingerprint density at radius 1 is 1.30 bits per heavy atom. The molecule has 0 spiro atoms. The fourth-order valence-electron chi connectivity index (χ4n) is 3.06. The number of hydrogen-bond donors (Lipinski definition) is 1. The predicted octanol–water partition coefficient (Wildman–Crippen LogP) is 3.64. The molecule has 23 heavy (non-hydrogen) atoms. The van der Waals surface area contributed by atoms with Gasteiger partial charge in [0.25, 0.3) is 0 Å². The zero-order chi connectivity index (χ0) is 16.6. The molecule has 0 aliphatic heterocycles. The molecule has 0 fully saturated rings. The highest BCUT2D eigenvalue weighted by atomic mass is 32.2. The van der Waals surface area contributed by atoms with Crippen molar-refractivity contribution in [3.8, 4) is 0 Å². The van der Waals surface area contributed by atoms with E-state index in [9.17, 15) is 4.79 Å². The Morgan fingerprint density at radius 2 is 2.04 bits per heavy atom. The van der Waals surface area contributed by atoms with Gasteiger partial charge < -0.3 is 5.32 Å². The Balaban J connectivity index is 1.68. The van der Waals surface area contributed by atoms with Crippen LogP contribution < -0.4 is 5.32 Å². The zero-order valence-electron chi connectivity index (χ0n) is 14.1. The standard InChI is InChI=1S/C18H23N3OS/c1-11-17(12(2)21(4)20-11)19-18(22)13(3)23-16-9-8-14-6-5-7-15(14)10-16/h8-10,13H,5-7H2,1-4H3,(H,19,22)/t13-/m0/s1. The molecule has 4 nitrogen and oxygen atoms in total. The van der Waals surface area contributed by atoms with Crippen LogP contribution in [-0.4, -0.2) is 20.9 Å². The van der Waals surface area contributed by atoms with Crippen molar-refractivity contribution < 1.29 is 4.79 Å². The van der Waals surface area contributed by atoms with E-state index in [1.165, 1.54) is 35.3 Å². The minimum absolute atomic E-state index is 0.0229. The van der Waals surface area contributed by atoms with Crippen LogP contribution in [0, 0.1) is 13.8 Å². The van der Waals surface area contributed by atoms with Crippen LogP contribution in [0.25, 0.3) is 0 Å². The van der Waals surface area contributed by atoms with Gasteiger partial charge in [0.15, 0.2) is 0 Å². The third-order valence-corrected chi connectivity index (χ3v) is 5.60. The highest BCUT2D eigenvalue weighted by molar-refractivity contribution is 8.00. The first kappa shape index (κ1) is 16.1. The molecule has 1 atom stereocenters. The number of amides is 1. The summed E-state index contributed by atoms with van der Waals surface area (Å²) in [6.07, 6.45) is 3.60. The molecule has 2 aromatic rings.